The summed E-state index contributed by atoms with van der Waals surface area (Å²) in [4.78, 5) is 24.9. The van der Waals surface area contributed by atoms with Crippen LogP contribution >= 0.6 is 12.2 Å². The quantitative estimate of drug-likeness (QED) is 0.532. The average Bonchev–Trinajstić information content (AvgIpc) is 2.75. The van der Waals surface area contributed by atoms with Gasteiger partial charge < -0.3 is 10.6 Å². The highest BCUT2D eigenvalue weighted by molar-refractivity contribution is 7.80. The van der Waals surface area contributed by atoms with Crippen LogP contribution in [0.2, 0.25) is 0 Å². The Morgan fingerprint density at radius 3 is 2.57 bits per heavy atom. The van der Waals surface area contributed by atoms with Crippen molar-refractivity contribution < 1.29 is 9.59 Å². The highest BCUT2D eigenvalue weighted by Gasteiger charge is 2.52. The summed E-state index contributed by atoms with van der Waals surface area (Å²) in [5, 5.41) is 7.57. The van der Waals surface area contributed by atoms with E-state index < -0.39 is 11.6 Å². The van der Waals surface area contributed by atoms with Crippen molar-refractivity contribution >= 4 is 29.3 Å². The minimum atomic E-state index is -0.712. The van der Waals surface area contributed by atoms with E-state index in [1.54, 1.807) is 0 Å². The summed E-state index contributed by atoms with van der Waals surface area (Å²) in [6, 6.07) is -0.0779. The summed E-state index contributed by atoms with van der Waals surface area (Å²) in [6.07, 6.45) is 9.22. The van der Waals surface area contributed by atoms with Gasteiger partial charge in [-0.05, 0) is 43.8 Å². The van der Waals surface area contributed by atoms with Crippen LogP contribution in [0.4, 0.5) is 4.79 Å². The molecule has 2 saturated carbocycles. The molecule has 128 valence electrons. The van der Waals surface area contributed by atoms with Crippen molar-refractivity contribution in [1.29, 1.82) is 0 Å². The van der Waals surface area contributed by atoms with E-state index in [4.69, 9.17) is 12.2 Å². The van der Waals surface area contributed by atoms with Crippen LogP contribution in [0.1, 0.15) is 64.7 Å². The van der Waals surface area contributed by atoms with Crippen molar-refractivity contribution in [3.63, 3.8) is 0 Å². The Labute approximate surface area is 142 Å². The van der Waals surface area contributed by atoms with E-state index in [-0.39, 0.29) is 5.91 Å². The summed E-state index contributed by atoms with van der Waals surface area (Å²) in [5.74, 6) is 0.360. The summed E-state index contributed by atoms with van der Waals surface area (Å²) < 4.78 is 0. The zero-order valence-electron chi connectivity index (χ0n) is 13.7. The van der Waals surface area contributed by atoms with Gasteiger partial charge in [0.05, 0.1) is 0 Å². The van der Waals surface area contributed by atoms with E-state index >= 15 is 0 Å². The molecule has 7 heteroatoms. The topological polar surface area (TPSA) is 73.5 Å². The van der Waals surface area contributed by atoms with Crippen molar-refractivity contribution in [3.8, 4) is 0 Å². The Hall–Kier alpha value is -1.37. The zero-order chi connectivity index (χ0) is 16.4. The second kappa shape index (κ2) is 6.63. The van der Waals surface area contributed by atoms with Crippen LogP contribution in [-0.2, 0) is 4.79 Å². The van der Waals surface area contributed by atoms with Crippen molar-refractivity contribution in [2.45, 2.75) is 76.3 Å². The fraction of sp³-hybridized carbons (Fsp3) is 0.812. The Balaban J connectivity index is 1.59. The number of nitrogens with zero attached hydrogens (tertiary/aromatic N) is 1. The molecule has 6 nitrogen and oxygen atoms in total. The minimum absolute atomic E-state index is 0.192. The van der Waals surface area contributed by atoms with Gasteiger partial charge >= 0.3 is 6.03 Å². The molecule has 2 aliphatic carbocycles. The lowest BCUT2D eigenvalue weighted by Gasteiger charge is -2.32. The first-order valence-corrected chi connectivity index (χ1v) is 9.16. The van der Waals surface area contributed by atoms with Crippen LogP contribution in [0.3, 0.4) is 0 Å². The first-order valence-electron chi connectivity index (χ1n) is 8.76. The molecule has 23 heavy (non-hydrogen) atoms. The molecule has 2 atom stereocenters. The summed E-state index contributed by atoms with van der Waals surface area (Å²) in [7, 11) is 0. The SMILES string of the molecule is C[C@@H]1CCCC[C@@H]1NC(=S)NN1C(=O)NC2(CCCCC2)C1=O. The molecule has 0 radical (unpaired) electrons. The van der Waals surface area contributed by atoms with Gasteiger partial charge in [-0.3, -0.25) is 10.2 Å². The van der Waals surface area contributed by atoms with E-state index in [0.717, 1.165) is 43.5 Å². The number of nitrogens with one attached hydrogen (secondary N) is 3. The highest BCUT2D eigenvalue weighted by atomic mass is 32.1. The van der Waals surface area contributed by atoms with E-state index in [1.807, 2.05) is 0 Å². The number of imide groups is 1. The normalized spacial score (nSPS) is 30.2. The van der Waals surface area contributed by atoms with E-state index in [2.05, 4.69) is 23.0 Å². The highest BCUT2D eigenvalue weighted by Crippen LogP contribution is 2.33. The van der Waals surface area contributed by atoms with Gasteiger partial charge in [-0.15, -0.1) is 0 Å². The average molecular weight is 338 g/mol. The van der Waals surface area contributed by atoms with Gasteiger partial charge in [0.1, 0.15) is 5.54 Å². The molecule has 0 aromatic rings. The van der Waals surface area contributed by atoms with Crippen LogP contribution in [0.15, 0.2) is 0 Å². The molecule has 1 aliphatic heterocycles. The van der Waals surface area contributed by atoms with Gasteiger partial charge in [-0.2, -0.15) is 5.01 Å². The Kier molecular flexibility index (Phi) is 4.75. The maximum Gasteiger partial charge on any atom is 0.344 e. The van der Waals surface area contributed by atoms with Gasteiger partial charge in [0, 0.05) is 6.04 Å². The summed E-state index contributed by atoms with van der Waals surface area (Å²) in [5.41, 5.74) is 2.10. The maximum absolute atomic E-state index is 12.7. The van der Waals surface area contributed by atoms with Gasteiger partial charge in [0.15, 0.2) is 5.11 Å². The van der Waals surface area contributed by atoms with Crippen LogP contribution < -0.4 is 16.1 Å². The molecule has 0 aromatic heterocycles. The lowest BCUT2D eigenvalue weighted by atomic mass is 9.82. The number of amides is 3. The summed E-state index contributed by atoms with van der Waals surface area (Å²) >= 11 is 5.32. The largest absolute Gasteiger partial charge is 0.358 e. The number of hydrogen-bond acceptors (Lipinski definition) is 3. The molecule has 1 spiro atoms. The molecular weight excluding hydrogens is 312 g/mol. The van der Waals surface area contributed by atoms with Gasteiger partial charge in [-0.25, -0.2) is 4.79 Å². The lowest BCUT2D eigenvalue weighted by molar-refractivity contribution is -0.133. The third-order valence-electron chi connectivity index (χ3n) is 5.51. The first-order chi connectivity index (χ1) is 11.0. The van der Waals surface area contributed by atoms with Crippen LogP contribution in [-0.4, -0.2) is 33.6 Å². The standard InChI is InChI=1S/C16H26N4O2S/c1-11-7-3-4-8-12(11)17-14(23)19-20-13(21)16(18-15(20)22)9-5-2-6-10-16/h11-12H,2-10H2,1H3,(H,18,22)(H2,17,19,23)/t11-,12+/m1/s1. The van der Waals surface area contributed by atoms with Crippen LogP contribution in [0.25, 0.3) is 0 Å². The molecule has 0 unspecified atom stereocenters. The Morgan fingerprint density at radius 2 is 1.87 bits per heavy atom. The number of rotatable bonds is 2. The lowest BCUT2D eigenvalue weighted by Crippen LogP contribution is -2.55. The predicted octanol–water partition coefficient (Wildman–Crippen LogP) is 2.20. The molecule has 0 bridgehead atoms. The monoisotopic (exact) mass is 338 g/mol. The number of thiocarbonyl (C=S) groups is 1. The zero-order valence-corrected chi connectivity index (χ0v) is 14.5. The first kappa shape index (κ1) is 16.5. The predicted molar refractivity (Wildman–Crippen MR) is 91.5 cm³/mol. The van der Waals surface area contributed by atoms with Gasteiger partial charge in [0.2, 0.25) is 0 Å². The molecule has 0 aromatic carbocycles. The third kappa shape index (κ3) is 3.29. The summed E-state index contributed by atoms with van der Waals surface area (Å²) in [6.45, 7) is 2.21. The van der Waals surface area contributed by atoms with Crippen molar-refractivity contribution in [3.05, 3.63) is 0 Å². The molecule has 3 N–H and O–H groups in total. The second-order valence-electron chi connectivity index (χ2n) is 7.17. The molecule has 1 heterocycles. The Bertz CT molecular complexity index is 504. The van der Waals surface area contributed by atoms with Crippen molar-refractivity contribution in [2.24, 2.45) is 5.92 Å². The van der Waals surface area contributed by atoms with Crippen molar-refractivity contribution in [2.75, 3.05) is 0 Å². The molecule has 3 aliphatic rings. The number of carbonyl (C=O) groups is 2. The third-order valence-corrected chi connectivity index (χ3v) is 5.72. The van der Waals surface area contributed by atoms with E-state index in [0.29, 0.717) is 17.1 Å². The molecular formula is C16H26N4O2S. The number of urea groups is 1. The molecule has 1 saturated heterocycles. The fourth-order valence-corrected chi connectivity index (χ4v) is 4.29. The van der Waals surface area contributed by atoms with Gasteiger partial charge in [0.25, 0.3) is 5.91 Å². The smallest absolute Gasteiger partial charge is 0.344 e. The van der Waals surface area contributed by atoms with Crippen molar-refractivity contribution in [1.82, 2.24) is 21.1 Å². The number of hydrogen-bond donors (Lipinski definition) is 3. The van der Waals surface area contributed by atoms with E-state index in [1.165, 1.54) is 19.3 Å². The number of carbonyl (C=O) groups excluding carboxylic acids is 2. The second-order valence-corrected chi connectivity index (χ2v) is 7.58. The van der Waals surface area contributed by atoms with Crippen LogP contribution in [0, 0.1) is 5.92 Å². The Morgan fingerprint density at radius 1 is 1.17 bits per heavy atom. The minimum Gasteiger partial charge on any atom is -0.358 e. The molecule has 3 rings (SSSR count). The van der Waals surface area contributed by atoms with E-state index in [9.17, 15) is 9.59 Å². The van der Waals surface area contributed by atoms with Gasteiger partial charge in [-0.1, -0.05) is 39.0 Å². The number of hydrazine groups is 1. The molecule has 3 amide bonds. The molecule has 3 fully saturated rings. The van der Waals surface area contributed by atoms with Crippen LogP contribution in [0.5, 0.6) is 0 Å². The maximum atomic E-state index is 12.7. The fourth-order valence-electron chi connectivity index (χ4n) is 4.05.